The lowest BCUT2D eigenvalue weighted by Crippen LogP contribution is -2.46. The summed E-state index contributed by atoms with van der Waals surface area (Å²) in [6.07, 6.45) is 0.717. The molecule has 1 fully saturated rings. The Morgan fingerprint density at radius 2 is 2.29 bits per heavy atom. The van der Waals surface area contributed by atoms with Crippen molar-refractivity contribution in [3.05, 3.63) is 0 Å². The summed E-state index contributed by atoms with van der Waals surface area (Å²) in [5, 5.41) is 3.05. The van der Waals surface area contributed by atoms with Gasteiger partial charge in [-0.25, -0.2) is 0 Å². The SMILES string of the molecule is CCC(NC(C)N)C1CC(=O)OC1=O. The van der Waals surface area contributed by atoms with Crippen LogP contribution in [0, 0.1) is 5.92 Å². The number of hydrogen-bond donors (Lipinski definition) is 2. The number of rotatable bonds is 4. The molecule has 1 rings (SSSR count). The number of carbonyl (C=O) groups is 2. The van der Waals surface area contributed by atoms with Gasteiger partial charge in [0.1, 0.15) is 0 Å². The van der Waals surface area contributed by atoms with Crippen LogP contribution >= 0.6 is 0 Å². The molecule has 0 amide bonds. The zero-order valence-electron chi connectivity index (χ0n) is 8.45. The van der Waals surface area contributed by atoms with Crippen molar-refractivity contribution in [3.8, 4) is 0 Å². The van der Waals surface area contributed by atoms with Gasteiger partial charge in [0.2, 0.25) is 0 Å². The topological polar surface area (TPSA) is 81.4 Å². The summed E-state index contributed by atoms with van der Waals surface area (Å²) in [6.45, 7) is 3.74. The molecule has 0 radical (unpaired) electrons. The van der Waals surface area contributed by atoms with Crippen LogP contribution in [0.1, 0.15) is 26.7 Å². The highest BCUT2D eigenvalue weighted by Gasteiger charge is 2.38. The minimum absolute atomic E-state index is 0.0750. The van der Waals surface area contributed by atoms with Gasteiger partial charge in [-0.2, -0.15) is 0 Å². The second-order valence-electron chi connectivity index (χ2n) is 3.57. The van der Waals surface area contributed by atoms with Crippen LogP contribution in [-0.2, 0) is 14.3 Å². The molecule has 0 aromatic carbocycles. The minimum Gasteiger partial charge on any atom is -0.393 e. The summed E-state index contributed by atoms with van der Waals surface area (Å²) in [4.78, 5) is 22.1. The molecule has 3 N–H and O–H groups in total. The number of cyclic esters (lactones) is 2. The van der Waals surface area contributed by atoms with Gasteiger partial charge in [-0.05, 0) is 13.3 Å². The van der Waals surface area contributed by atoms with Crippen molar-refractivity contribution < 1.29 is 14.3 Å². The van der Waals surface area contributed by atoms with Gasteiger partial charge in [0.15, 0.2) is 0 Å². The van der Waals surface area contributed by atoms with Crippen molar-refractivity contribution >= 4 is 11.9 Å². The summed E-state index contributed by atoms with van der Waals surface area (Å²) in [5.74, 6) is -1.25. The lowest BCUT2D eigenvalue weighted by molar-refractivity contribution is -0.153. The summed E-state index contributed by atoms with van der Waals surface area (Å²) in [6, 6.07) is -0.0750. The quantitative estimate of drug-likeness (QED) is 0.371. The zero-order valence-corrected chi connectivity index (χ0v) is 8.45. The highest BCUT2D eigenvalue weighted by atomic mass is 16.6. The zero-order chi connectivity index (χ0) is 10.7. The maximum absolute atomic E-state index is 11.2. The third-order valence-corrected chi connectivity index (χ3v) is 2.31. The molecule has 1 saturated heterocycles. The first kappa shape index (κ1) is 11.1. The van der Waals surface area contributed by atoms with Crippen LogP contribution in [0.25, 0.3) is 0 Å². The standard InChI is InChI=1S/C9H16N2O3/c1-3-7(11-5(2)10)6-4-8(12)14-9(6)13/h5-7,11H,3-4,10H2,1-2H3. The van der Waals surface area contributed by atoms with Gasteiger partial charge in [-0.1, -0.05) is 6.92 Å². The fraction of sp³-hybridized carbons (Fsp3) is 0.778. The van der Waals surface area contributed by atoms with Crippen LogP contribution in [0.15, 0.2) is 0 Å². The highest BCUT2D eigenvalue weighted by molar-refractivity contribution is 5.95. The number of esters is 2. The van der Waals surface area contributed by atoms with Gasteiger partial charge in [-0.3, -0.25) is 14.9 Å². The van der Waals surface area contributed by atoms with Gasteiger partial charge in [0, 0.05) is 6.04 Å². The van der Waals surface area contributed by atoms with E-state index >= 15 is 0 Å². The third kappa shape index (κ3) is 2.52. The van der Waals surface area contributed by atoms with Crippen LogP contribution < -0.4 is 11.1 Å². The van der Waals surface area contributed by atoms with E-state index in [9.17, 15) is 9.59 Å². The van der Waals surface area contributed by atoms with E-state index in [1.54, 1.807) is 6.92 Å². The molecule has 14 heavy (non-hydrogen) atoms. The van der Waals surface area contributed by atoms with E-state index < -0.39 is 11.9 Å². The molecule has 1 heterocycles. The largest absolute Gasteiger partial charge is 0.393 e. The van der Waals surface area contributed by atoms with E-state index in [-0.39, 0.29) is 24.5 Å². The average Bonchev–Trinajstić information content (AvgIpc) is 2.41. The Labute approximate surface area is 83.0 Å². The van der Waals surface area contributed by atoms with E-state index in [2.05, 4.69) is 10.1 Å². The minimum atomic E-state index is -0.440. The summed E-state index contributed by atoms with van der Waals surface area (Å²) in [7, 11) is 0. The molecule has 5 nitrogen and oxygen atoms in total. The molecule has 0 bridgehead atoms. The molecule has 0 saturated carbocycles. The predicted molar refractivity (Wildman–Crippen MR) is 50.1 cm³/mol. The van der Waals surface area contributed by atoms with Crippen molar-refractivity contribution in [2.45, 2.75) is 38.9 Å². The molecule has 3 atom stereocenters. The number of ether oxygens (including phenoxy) is 1. The van der Waals surface area contributed by atoms with Crippen molar-refractivity contribution in [1.29, 1.82) is 0 Å². The fourth-order valence-electron chi connectivity index (χ4n) is 1.66. The van der Waals surface area contributed by atoms with E-state index in [1.807, 2.05) is 6.92 Å². The Balaban J connectivity index is 2.60. The molecule has 0 aliphatic carbocycles. The normalized spacial score (nSPS) is 26.1. The maximum Gasteiger partial charge on any atom is 0.318 e. The molecule has 3 unspecified atom stereocenters. The number of nitrogens with two attached hydrogens (primary N) is 1. The van der Waals surface area contributed by atoms with Crippen LogP contribution in [0.2, 0.25) is 0 Å². The molecule has 1 aliphatic heterocycles. The van der Waals surface area contributed by atoms with E-state index in [0.717, 1.165) is 6.42 Å². The molecular weight excluding hydrogens is 184 g/mol. The second kappa shape index (κ2) is 4.52. The van der Waals surface area contributed by atoms with Crippen LogP contribution in [0.4, 0.5) is 0 Å². The Bertz CT molecular complexity index is 240. The maximum atomic E-state index is 11.2. The van der Waals surface area contributed by atoms with E-state index in [4.69, 9.17) is 5.73 Å². The van der Waals surface area contributed by atoms with Crippen molar-refractivity contribution in [1.82, 2.24) is 5.32 Å². The highest BCUT2D eigenvalue weighted by Crippen LogP contribution is 2.21. The third-order valence-electron chi connectivity index (χ3n) is 2.31. The van der Waals surface area contributed by atoms with Gasteiger partial charge in [-0.15, -0.1) is 0 Å². The monoisotopic (exact) mass is 200 g/mol. The fourth-order valence-corrected chi connectivity index (χ4v) is 1.66. The van der Waals surface area contributed by atoms with Crippen molar-refractivity contribution in [2.24, 2.45) is 11.7 Å². The van der Waals surface area contributed by atoms with E-state index in [0.29, 0.717) is 0 Å². The molecule has 0 spiro atoms. The van der Waals surface area contributed by atoms with E-state index in [1.165, 1.54) is 0 Å². The molecule has 1 aliphatic rings. The Kier molecular flexibility index (Phi) is 3.60. The molecule has 0 aromatic rings. The number of carbonyl (C=O) groups excluding carboxylic acids is 2. The molecule has 5 heteroatoms. The summed E-state index contributed by atoms with van der Waals surface area (Å²) < 4.78 is 4.48. The van der Waals surface area contributed by atoms with Crippen LogP contribution in [0.3, 0.4) is 0 Å². The lowest BCUT2D eigenvalue weighted by Gasteiger charge is -2.22. The van der Waals surface area contributed by atoms with Gasteiger partial charge in [0.05, 0.1) is 18.5 Å². The number of hydrogen-bond acceptors (Lipinski definition) is 5. The summed E-state index contributed by atoms with van der Waals surface area (Å²) in [5.41, 5.74) is 5.57. The average molecular weight is 200 g/mol. The molecular formula is C9H16N2O3. The second-order valence-corrected chi connectivity index (χ2v) is 3.57. The van der Waals surface area contributed by atoms with Gasteiger partial charge < -0.3 is 10.5 Å². The van der Waals surface area contributed by atoms with Gasteiger partial charge in [0.25, 0.3) is 0 Å². The van der Waals surface area contributed by atoms with Crippen LogP contribution in [-0.4, -0.2) is 24.1 Å². The predicted octanol–water partition coefficient (Wildman–Crippen LogP) is -0.251. The van der Waals surface area contributed by atoms with Gasteiger partial charge >= 0.3 is 11.9 Å². The first-order valence-electron chi connectivity index (χ1n) is 4.80. The van der Waals surface area contributed by atoms with Crippen LogP contribution in [0.5, 0.6) is 0 Å². The Morgan fingerprint density at radius 3 is 2.64 bits per heavy atom. The first-order chi connectivity index (χ1) is 6.54. The summed E-state index contributed by atoms with van der Waals surface area (Å²) >= 11 is 0. The Hall–Kier alpha value is -0.940. The molecule has 80 valence electrons. The van der Waals surface area contributed by atoms with Crippen molar-refractivity contribution in [3.63, 3.8) is 0 Å². The lowest BCUT2D eigenvalue weighted by atomic mass is 9.96. The number of nitrogens with one attached hydrogen (secondary N) is 1. The first-order valence-corrected chi connectivity index (χ1v) is 4.80. The molecule has 0 aromatic heterocycles. The Morgan fingerprint density at radius 1 is 1.64 bits per heavy atom. The van der Waals surface area contributed by atoms with Crippen molar-refractivity contribution in [2.75, 3.05) is 0 Å². The smallest absolute Gasteiger partial charge is 0.318 e.